The maximum atomic E-state index is 5.44. The van der Waals surface area contributed by atoms with Crippen LogP contribution in [0.25, 0.3) is 0 Å². The van der Waals surface area contributed by atoms with Crippen LogP contribution in [0.3, 0.4) is 0 Å². The number of hydrogen-bond acceptors (Lipinski definition) is 3. The van der Waals surface area contributed by atoms with E-state index >= 15 is 0 Å². The molecule has 0 saturated carbocycles. The van der Waals surface area contributed by atoms with Crippen LogP contribution in [0, 0.1) is 5.41 Å². The summed E-state index contributed by atoms with van der Waals surface area (Å²) in [6.45, 7) is 7.02. The Hall–Kier alpha value is 0.0969. The zero-order valence-corrected chi connectivity index (χ0v) is 17.7. The lowest BCUT2D eigenvalue weighted by molar-refractivity contribution is 0.122. The molecule has 0 fully saturated rings. The minimum Gasteiger partial charge on any atom is -0.377 e. The van der Waals surface area contributed by atoms with Crippen LogP contribution in [0.15, 0.2) is 0 Å². The quantitative estimate of drug-likeness (QED) is 0.261. The van der Waals surface area contributed by atoms with Gasteiger partial charge in [0.1, 0.15) is 0 Å². The van der Waals surface area contributed by atoms with Crippen LogP contribution in [0.5, 0.6) is 0 Å². The van der Waals surface area contributed by atoms with Crippen molar-refractivity contribution >= 4 is 8.80 Å². The smallest absolute Gasteiger partial charge is 0.377 e. The maximum Gasteiger partial charge on any atom is 0.500 e. The Morgan fingerprint density at radius 2 is 0.913 bits per heavy atom. The van der Waals surface area contributed by atoms with E-state index in [4.69, 9.17) is 13.3 Å². The number of rotatable bonds is 15. The summed E-state index contributed by atoms with van der Waals surface area (Å²) in [5.74, 6) is 0. The van der Waals surface area contributed by atoms with Crippen LogP contribution in [0.1, 0.15) is 91.4 Å². The Balaban J connectivity index is 3.34. The van der Waals surface area contributed by atoms with Crippen LogP contribution in [0.4, 0.5) is 0 Å². The Morgan fingerprint density at radius 1 is 0.565 bits per heavy atom. The van der Waals surface area contributed by atoms with E-state index in [0.717, 1.165) is 12.5 Å². The summed E-state index contributed by atoms with van der Waals surface area (Å²) < 4.78 is 16.3. The zero-order chi connectivity index (χ0) is 17.6. The normalized spacial score (nSPS) is 12.8. The van der Waals surface area contributed by atoms with Gasteiger partial charge in [-0.2, -0.15) is 0 Å². The molecule has 0 aliphatic heterocycles. The van der Waals surface area contributed by atoms with Gasteiger partial charge < -0.3 is 13.3 Å². The predicted molar refractivity (Wildman–Crippen MR) is 102 cm³/mol. The molecule has 0 amide bonds. The molecule has 0 aromatic carbocycles. The summed E-state index contributed by atoms with van der Waals surface area (Å²) in [4.78, 5) is 0. The predicted octanol–water partition coefficient (Wildman–Crippen LogP) is 6.20. The molecule has 23 heavy (non-hydrogen) atoms. The Labute approximate surface area is 146 Å². The van der Waals surface area contributed by atoms with Crippen LogP contribution in [-0.4, -0.2) is 30.1 Å². The lowest BCUT2D eigenvalue weighted by Gasteiger charge is -2.24. The van der Waals surface area contributed by atoms with E-state index in [-0.39, 0.29) is 0 Å². The summed E-state index contributed by atoms with van der Waals surface area (Å²) >= 11 is 0. The fourth-order valence-corrected chi connectivity index (χ4v) is 4.76. The molecule has 0 spiro atoms. The molecule has 0 atom stereocenters. The molecule has 4 heteroatoms. The van der Waals surface area contributed by atoms with Gasteiger partial charge in [-0.25, -0.2) is 0 Å². The molecule has 0 N–H and O–H groups in total. The first kappa shape index (κ1) is 23.1. The minimum atomic E-state index is -2.33. The first-order chi connectivity index (χ1) is 10.9. The van der Waals surface area contributed by atoms with Crippen molar-refractivity contribution in [1.29, 1.82) is 0 Å². The van der Waals surface area contributed by atoms with Gasteiger partial charge in [0.2, 0.25) is 0 Å². The highest BCUT2D eigenvalue weighted by Crippen LogP contribution is 2.23. The number of hydrogen-bond donors (Lipinski definition) is 0. The van der Waals surface area contributed by atoms with Gasteiger partial charge in [0.15, 0.2) is 0 Å². The van der Waals surface area contributed by atoms with Crippen molar-refractivity contribution in [2.45, 2.75) is 97.4 Å². The first-order valence-electron chi connectivity index (χ1n) is 9.54. The number of unbranched alkanes of at least 4 members (excludes halogenated alkanes) is 9. The van der Waals surface area contributed by atoms with Crippen molar-refractivity contribution in [1.82, 2.24) is 0 Å². The molecule has 0 radical (unpaired) electrons. The van der Waals surface area contributed by atoms with E-state index in [0.29, 0.717) is 5.41 Å². The standard InChI is InChI=1S/C19H42O3Si/c1-19(2,3)17-15-13-11-9-7-8-10-12-14-16-18-23(20-4,21-5)22-6/h7-18H2,1-6H3. The van der Waals surface area contributed by atoms with E-state index in [9.17, 15) is 0 Å². The van der Waals surface area contributed by atoms with Crippen molar-refractivity contribution in [3.05, 3.63) is 0 Å². The summed E-state index contributed by atoms with van der Waals surface area (Å²) in [6, 6.07) is 0.935. The van der Waals surface area contributed by atoms with E-state index in [1.165, 1.54) is 64.2 Å². The summed E-state index contributed by atoms with van der Waals surface area (Å²) in [6.07, 6.45) is 14.9. The van der Waals surface area contributed by atoms with Crippen LogP contribution < -0.4 is 0 Å². The fourth-order valence-electron chi connectivity index (χ4n) is 2.97. The lowest BCUT2D eigenvalue weighted by Crippen LogP contribution is -2.42. The molecule has 0 aromatic heterocycles. The van der Waals surface area contributed by atoms with Crippen LogP contribution in [-0.2, 0) is 13.3 Å². The maximum absolute atomic E-state index is 5.44. The lowest BCUT2D eigenvalue weighted by atomic mass is 9.89. The average Bonchev–Trinajstić information content (AvgIpc) is 2.52. The van der Waals surface area contributed by atoms with Gasteiger partial charge in [0.25, 0.3) is 0 Å². The minimum absolute atomic E-state index is 0.509. The molecule has 0 unspecified atom stereocenters. The summed E-state index contributed by atoms with van der Waals surface area (Å²) in [7, 11) is 2.76. The summed E-state index contributed by atoms with van der Waals surface area (Å²) in [5, 5.41) is 0. The molecule has 140 valence electrons. The largest absolute Gasteiger partial charge is 0.500 e. The molecule has 3 nitrogen and oxygen atoms in total. The second-order valence-electron chi connectivity index (χ2n) is 7.89. The first-order valence-corrected chi connectivity index (χ1v) is 11.5. The molecule has 0 saturated heterocycles. The molecular formula is C19H42O3Si. The highest BCUT2D eigenvalue weighted by atomic mass is 28.4. The van der Waals surface area contributed by atoms with Gasteiger partial charge in [-0.05, 0) is 18.3 Å². The third-order valence-electron chi connectivity index (χ3n) is 4.59. The van der Waals surface area contributed by atoms with Gasteiger partial charge in [-0.1, -0.05) is 78.6 Å². The van der Waals surface area contributed by atoms with Gasteiger partial charge >= 0.3 is 8.80 Å². The van der Waals surface area contributed by atoms with E-state index in [1.807, 2.05) is 0 Å². The monoisotopic (exact) mass is 346 g/mol. The van der Waals surface area contributed by atoms with Crippen molar-refractivity contribution in [3.63, 3.8) is 0 Å². The topological polar surface area (TPSA) is 27.7 Å². The molecule has 0 heterocycles. The Bertz CT molecular complexity index is 252. The van der Waals surface area contributed by atoms with Gasteiger partial charge in [-0.15, -0.1) is 0 Å². The van der Waals surface area contributed by atoms with Gasteiger partial charge in [-0.3, -0.25) is 0 Å². The molecule has 0 aliphatic carbocycles. The molecule has 0 bridgehead atoms. The van der Waals surface area contributed by atoms with Gasteiger partial charge in [0.05, 0.1) is 0 Å². The van der Waals surface area contributed by atoms with E-state index in [1.54, 1.807) is 21.3 Å². The van der Waals surface area contributed by atoms with Crippen molar-refractivity contribution in [3.8, 4) is 0 Å². The Kier molecular flexibility index (Phi) is 13.5. The van der Waals surface area contributed by atoms with Crippen LogP contribution in [0.2, 0.25) is 6.04 Å². The molecule has 0 rings (SSSR count). The second kappa shape index (κ2) is 13.4. The van der Waals surface area contributed by atoms with E-state index in [2.05, 4.69) is 20.8 Å². The zero-order valence-electron chi connectivity index (χ0n) is 16.7. The highest BCUT2D eigenvalue weighted by Gasteiger charge is 2.36. The van der Waals surface area contributed by atoms with Gasteiger partial charge in [0, 0.05) is 27.4 Å². The van der Waals surface area contributed by atoms with E-state index < -0.39 is 8.80 Å². The van der Waals surface area contributed by atoms with Crippen molar-refractivity contribution in [2.75, 3.05) is 21.3 Å². The molecule has 0 aromatic rings. The Morgan fingerprint density at radius 3 is 1.26 bits per heavy atom. The average molecular weight is 347 g/mol. The SMILES string of the molecule is CO[Si](CCCCCCCCCCCCC(C)(C)C)(OC)OC. The molecule has 0 aliphatic rings. The highest BCUT2D eigenvalue weighted by molar-refractivity contribution is 6.60. The third kappa shape index (κ3) is 13.1. The molecular weight excluding hydrogens is 304 g/mol. The van der Waals surface area contributed by atoms with Crippen molar-refractivity contribution < 1.29 is 13.3 Å². The second-order valence-corrected chi connectivity index (χ2v) is 11.0. The van der Waals surface area contributed by atoms with Crippen LogP contribution >= 0.6 is 0 Å². The summed E-state index contributed by atoms with van der Waals surface area (Å²) in [5.41, 5.74) is 0.509. The third-order valence-corrected chi connectivity index (χ3v) is 7.42. The fraction of sp³-hybridized carbons (Fsp3) is 1.00. The van der Waals surface area contributed by atoms with Crippen molar-refractivity contribution in [2.24, 2.45) is 5.41 Å².